The van der Waals surface area contributed by atoms with E-state index in [1.807, 2.05) is 24.3 Å². The predicted octanol–water partition coefficient (Wildman–Crippen LogP) is 4.21. The van der Waals surface area contributed by atoms with Gasteiger partial charge in [-0.1, -0.05) is 25.5 Å². The summed E-state index contributed by atoms with van der Waals surface area (Å²) in [5.41, 5.74) is 2.81. The Labute approximate surface area is 143 Å². The fourth-order valence-electron chi connectivity index (χ4n) is 3.30. The van der Waals surface area contributed by atoms with Crippen molar-refractivity contribution in [3.05, 3.63) is 35.9 Å². The number of anilines is 2. The van der Waals surface area contributed by atoms with Gasteiger partial charge in [-0.2, -0.15) is 0 Å². The lowest BCUT2D eigenvalue weighted by Gasteiger charge is -2.08. The molecule has 4 nitrogen and oxygen atoms in total. The van der Waals surface area contributed by atoms with Crippen molar-refractivity contribution in [2.75, 3.05) is 10.6 Å². The number of hydrogen-bond donors (Lipinski definition) is 2. The molecule has 2 amide bonds. The van der Waals surface area contributed by atoms with E-state index in [1.54, 1.807) is 0 Å². The Morgan fingerprint density at radius 1 is 1.00 bits per heavy atom. The summed E-state index contributed by atoms with van der Waals surface area (Å²) in [6.07, 6.45) is 4.18. The van der Waals surface area contributed by atoms with Gasteiger partial charge in [-0.25, -0.2) is 0 Å². The number of allylic oxidation sites excluding steroid dienone is 2. The molecule has 128 valence electrons. The van der Waals surface area contributed by atoms with Crippen molar-refractivity contribution in [1.82, 2.24) is 0 Å². The smallest absolute Gasteiger partial charge is 0.228 e. The molecular weight excluding hydrogens is 300 g/mol. The summed E-state index contributed by atoms with van der Waals surface area (Å²) < 4.78 is 0. The molecule has 1 aromatic rings. The molecule has 0 radical (unpaired) electrons. The van der Waals surface area contributed by atoms with E-state index in [0.717, 1.165) is 24.2 Å². The first kappa shape index (κ1) is 16.7. The number of rotatable bonds is 5. The largest absolute Gasteiger partial charge is 0.326 e. The highest BCUT2D eigenvalue weighted by atomic mass is 16.2. The zero-order chi connectivity index (χ0) is 17.5. The van der Waals surface area contributed by atoms with E-state index < -0.39 is 0 Å². The normalized spacial score (nSPS) is 24.0. The van der Waals surface area contributed by atoms with Gasteiger partial charge in [0.1, 0.15) is 0 Å². The van der Waals surface area contributed by atoms with Crippen molar-refractivity contribution in [2.45, 2.75) is 40.5 Å². The van der Waals surface area contributed by atoms with Crippen LogP contribution in [-0.4, -0.2) is 11.8 Å². The fraction of sp³-hybridized carbons (Fsp3) is 0.500. The van der Waals surface area contributed by atoms with Gasteiger partial charge < -0.3 is 10.6 Å². The number of benzene rings is 1. The summed E-state index contributed by atoms with van der Waals surface area (Å²) in [5, 5.41) is 5.90. The highest BCUT2D eigenvalue weighted by molar-refractivity contribution is 5.97. The van der Waals surface area contributed by atoms with Crippen LogP contribution in [0.4, 0.5) is 11.4 Å². The van der Waals surface area contributed by atoms with Crippen molar-refractivity contribution in [3.8, 4) is 0 Å². The van der Waals surface area contributed by atoms with Crippen molar-refractivity contribution in [1.29, 1.82) is 0 Å². The molecule has 2 fully saturated rings. The molecule has 0 spiro atoms. The van der Waals surface area contributed by atoms with Crippen molar-refractivity contribution in [3.63, 3.8) is 0 Å². The van der Waals surface area contributed by atoms with E-state index in [4.69, 9.17) is 0 Å². The monoisotopic (exact) mass is 326 g/mol. The van der Waals surface area contributed by atoms with Gasteiger partial charge in [0, 0.05) is 17.3 Å². The van der Waals surface area contributed by atoms with Crippen LogP contribution in [0.5, 0.6) is 0 Å². The van der Waals surface area contributed by atoms with E-state index in [1.165, 1.54) is 5.57 Å². The van der Waals surface area contributed by atoms with Gasteiger partial charge in [0.2, 0.25) is 11.8 Å². The summed E-state index contributed by atoms with van der Waals surface area (Å²) in [7, 11) is 0. The third kappa shape index (κ3) is 3.53. The van der Waals surface area contributed by atoms with E-state index in [-0.39, 0.29) is 29.1 Å². The minimum absolute atomic E-state index is 0.0134. The third-order valence-corrected chi connectivity index (χ3v) is 5.07. The Morgan fingerprint density at radius 3 is 1.96 bits per heavy atom. The lowest BCUT2D eigenvalue weighted by Crippen LogP contribution is -2.17. The Balaban J connectivity index is 1.59. The van der Waals surface area contributed by atoms with Gasteiger partial charge in [0.15, 0.2) is 0 Å². The second-order valence-electron chi connectivity index (χ2n) is 7.90. The second kappa shape index (κ2) is 6.08. The molecule has 2 atom stereocenters. The third-order valence-electron chi connectivity index (χ3n) is 5.07. The Hall–Kier alpha value is -2.10. The second-order valence-corrected chi connectivity index (χ2v) is 7.90. The summed E-state index contributed by atoms with van der Waals surface area (Å²) in [4.78, 5) is 24.3. The molecule has 0 saturated heterocycles. The molecular formula is C20H26N2O2. The number of carbonyl (C=O) groups is 2. The molecule has 0 heterocycles. The number of nitrogens with one attached hydrogen (secondary N) is 2. The van der Waals surface area contributed by atoms with Gasteiger partial charge in [-0.3, -0.25) is 9.59 Å². The Bertz CT molecular complexity index is 680. The van der Waals surface area contributed by atoms with E-state index >= 15 is 0 Å². The van der Waals surface area contributed by atoms with Gasteiger partial charge in [-0.15, -0.1) is 0 Å². The minimum atomic E-state index is 0.0134. The molecule has 24 heavy (non-hydrogen) atoms. The first-order chi connectivity index (χ1) is 11.3. The van der Waals surface area contributed by atoms with Crippen LogP contribution in [0.1, 0.15) is 40.5 Å². The average molecular weight is 326 g/mol. The molecule has 2 aliphatic rings. The predicted molar refractivity (Wildman–Crippen MR) is 96.6 cm³/mol. The molecule has 2 unspecified atom stereocenters. The zero-order valence-electron chi connectivity index (χ0n) is 14.8. The van der Waals surface area contributed by atoms with Crippen LogP contribution in [-0.2, 0) is 9.59 Å². The van der Waals surface area contributed by atoms with Gasteiger partial charge in [0.25, 0.3) is 0 Å². The first-order valence-corrected chi connectivity index (χ1v) is 8.66. The number of carbonyl (C=O) groups excluding carboxylic acids is 2. The molecule has 0 aliphatic heterocycles. The SMILES string of the molecule is CC(C)=CC1C(C(=O)Nc2ccc(NC(=O)C3CC3)cc2)C1(C)C. The first-order valence-electron chi connectivity index (χ1n) is 8.66. The molecule has 2 aliphatic carbocycles. The summed E-state index contributed by atoms with van der Waals surface area (Å²) in [6, 6.07) is 7.35. The maximum absolute atomic E-state index is 12.5. The van der Waals surface area contributed by atoms with Crippen LogP contribution in [0.2, 0.25) is 0 Å². The van der Waals surface area contributed by atoms with Crippen LogP contribution < -0.4 is 10.6 Å². The lowest BCUT2D eigenvalue weighted by molar-refractivity contribution is -0.118. The molecule has 4 heteroatoms. The van der Waals surface area contributed by atoms with Gasteiger partial charge in [0.05, 0.1) is 5.92 Å². The zero-order valence-corrected chi connectivity index (χ0v) is 14.8. The summed E-state index contributed by atoms with van der Waals surface area (Å²) in [5.74, 6) is 0.670. The maximum atomic E-state index is 12.5. The highest BCUT2D eigenvalue weighted by Crippen LogP contribution is 2.59. The van der Waals surface area contributed by atoms with Crippen LogP contribution in [0, 0.1) is 23.2 Å². The van der Waals surface area contributed by atoms with Crippen molar-refractivity contribution in [2.24, 2.45) is 23.2 Å². The summed E-state index contributed by atoms with van der Waals surface area (Å²) in [6.45, 7) is 8.41. The quantitative estimate of drug-likeness (QED) is 0.796. The molecule has 1 aromatic carbocycles. The van der Waals surface area contributed by atoms with Crippen LogP contribution >= 0.6 is 0 Å². The average Bonchev–Trinajstić information content (AvgIpc) is 3.39. The minimum Gasteiger partial charge on any atom is -0.326 e. The molecule has 0 aromatic heterocycles. The number of hydrogen-bond acceptors (Lipinski definition) is 2. The topological polar surface area (TPSA) is 58.2 Å². The van der Waals surface area contributed by atoms with Crippen molar-refractivity contribution < 1.29 is 9.59 Å². The van der Waals surface area contributed by atoms with E-state index in [0.29, 0.717) is 5.92 Å². The van der Waals surface area contributed by atoms with Crippen LogP contribution in [0.25, 0.3) is 0 Å². The van der Waals surface area contributed by atoms with E-state index in [2.05, 4.69) is 44.4 Å². The highest BCUT2D eigenvalue weighted by Gasteiger charge is 2.60. The summed E-state index contributed by atoms with van der Waals surface area (Å²) >= 11 is 0. The van der Waals surface area contributed by atoms with Gasteiger partial charge >= 0.3 is 0 Å². The molecule has 0 bridgehead atoms. The van der Waals surface area contributed by atoms with Crippen molar-refractivity contribution >= 4 is 23.2 Å². The molecule has 3 rings (SSSR count). The fourth-order valence-corrected chi connectivity index (χ4v) is 3.30. The van der Waals surface area contributed by atoms with Crippen LogP contribution in [0.15, 0.2) is 35.9 Å². The maximum Gasteiger partial charge on any atom is 0.228 e. The number of amides is 2. The molecule has 2 saturated carbocycles. The standard InChI is InChI=1S/C20H26N2O2/c1-12(2)11-16-17(20(16,3)4)19(24)22-15-9-7-14(8-10-15)21-18(23)13-5-6-13/h7-11,13,16-17H,5-6H2,1-4H3,(H,21,23)(H,22,24). The van der Waals surface area contributed by atoms with Gasteiger partial charge in [-0.05, 0) is 62.3 Å². The Morgan fingerprint density at radius 2 is 1.50 bits per heavy atom. The Kier molecular flexibility index (Phi) is 4.24. The molecule has 2 N–H and O–H groups in total. The lowest BCUT2D eigenvalue weighted by atomic mass is 10.1. The van der Waals surface area contributed by atoms with E-state index in [9.17, 15) is 9.59 Å². The van der Waals surface area contributed by atoms with Crippen LogP contribution in [0.3, 0.4) is 0 Å².